The molecule has 1 aromatic heterocycles. The fourth-order valence-corrected chi connectivity index (χ4v) is 4.42. The third kappa shape index (κ3) is 4.35. The molecule has 32 heavy (non-hydrogen) atoms. The number of halogens is 1. The maximum Gasteiger partial charge on any atom is 0.258 e. The summed E-state index contributed by atoms with van der Waals surface area (Å²) in [7, 11) is 0. The van der Waals surface area contributed by atoms with Gasteiger partial charge in [-0.1, -0.05) is 31.5 Å². The standard InChI is InChI=1S/C26H28ClN3O2/c1-15(2)24(31)10-7-18-5-6-19(13-16(18)3)26(32)30-12-11-22-25(29-17(4)28-22)21-14-20(27)8-9-23(21)30/h5-6,8-9,13-15H,7,10-12H2,1-4H3,(H,28,29). The van der Waals surface area contributed by atoms with Crippen molar-refractivity contribution in [1.29, 1.82) is 0 Å². The minimum absolute atomic E-state index is 0.0469. The molecule has 1 aliphatic heterocycles. The average molecular weight is 450 g/mol. The monoisotopic (exact) mass is 449 g/mol. The molecule has 1 aliphatic rings. The van der Waals surface area contributed by atoms with Crippen LogP contribution >= 0.6 is 11.6 Å². The third-order valence-corrected chi connectivity index (χ3v) is 6.34. The van der Waals surface area contributed by atoms with E-state index in [9.17, 15) is 9.59 Å². The normalized spacial score (nSPS) is 13.0. The molecule has 2 aromatic carbocycles. The van der Waals surface area contributed by atoms with Crippen LogP contribution in [0.5, 0.6) is 0 Å². The molecule has 166 valence electrons. The molecule has 5 nitrogen and oxygen atoms in total. The summed E-state index contributed by atoms with van der Waals surface area (Å²) >= 11 is 6.29. The van der Waals surface area contributed by atoms with Crippen LogP contribution in [0.1, 0.15) is 53.3 Å². The Bertz CT molecular complexity index is 1200. The Morgan fingerprint density at radius 2 is 1.94 bits per heavy atom. The number of H-pyrrole nitrogens is 1. The lowest BCUT2D eigenvalue weighted by atomic mass is 9.96. The fourth-order valence-electron chi connectivity index (χ4n) is 4.24. The summed E-state index contributed by atoms with van der Waals surface area (Å²) in [5.74, 6) is 1.10. The van der Waals surface area contributed by atoms with Crippen molar-refractivity contribution in [1.82, 2.24) is 9.97 Å². The van der Waals surface area contributed by atoms with Crippen molar-refractivity contribution in [3.05, 3.63) is 69.6 Å². The van der Waals surface area contributed by atoms with Gasteiger partial charge in [0.25, 0.3) is 5.91 Å². The number of imidazole rings is 1. The Kier molecular flexibility index (Phi) is 6.20. The average Bonchev–Trinajstić information content (AvgIpc) is 3.06. The molecule has 0 spiro atoms. The van der Waals surface area contributed by atoms with Gasteiger partial charge in [0, 0.05) is 47.1 Å². The predicted octanol–water partition coefficient (Wildman–Crippen LogP) is 5.71. The minimum Gasteiger partial charge on any atom is -0.346 e. The quantitative estimate of drug-likeness (QED) is 0.542. The van der Waals surface area contributed by atoms with Gasteiger partial charge in [-0.3, -0.25) is 9.59 Å². The molecule has 0 unspecified atom stereocenters. The first kappa shape index (κ1) is 22.3. The van der Waals surface area contributed by atoms with Crippen molar-refractivity contribution in [2.24, 2.45) is 5.92 Å². The summed E-state index contributed by atoms with van der Waals surface area (Å²) in [6, 6.07) is 11.4. The number of hydrogen-bond donors (Lipinski definition) is 1. The smallest absolute Gasteiger partial charge is 0.258 e. The van der Waals surface area contributed by atoms with Crippen LogP contribution in [0.3, 0.4) is 0 Å². The molecule has 0 radical (unpaired) electrons. The number of ketones is 1. The Morgan fingerprint density at radius 3 is 2.66 bits per heavy atom. The van der Waals surface area contributed by atoms with Crippen molar-refractivity contribution >= 4 is 29.0 Å². The van der Waals surface area contributed by atoms with E-state index >= 15 is 0 Å². The molecule has 6 heteroatoms. The molecular formula is C26H28ClN3O2. The number of hydrogen-bond acceptors (Lipinski definition) is 3. The number of fused-ring (bicyclic) bond motifs is 3. The van der Waals surface area contributed by atoms with Crippen molar-refractivity contribution in [3.8, 4) is 11.3 Å². The number of anilines is 1. The number of carbonyl (C=O) groups is 2. The van der Waals surface area contributed by atoms with Gasteiger partial charge in [0.05, 0.1) is 11.4 Å². The number of nitrogens with one attached hydrogen (secondary N) is 1. The first-order chi connectivity index (χ1) is 15.2. The van der Waals surface area contributed by atoms with E-state index in [0.717, 1.165) is 39.6 Å². The van der Waals surface area contributed by atoms with Gasteiger partial charge in [0.2, 0.25) is 0 Å². The van der Waals surface area contributed by atoms with Crippen LogP contribution in [0.2, 0.25) is 5.02 Å². The zero-order valence-corrected chi connectivity index (χ0v) is 19.7. The first-order valence-electron chi connectivity index (χ1n) is 11.0. The topological polar surface area (TPSA) is 66.1 Å². The molecular weight excluding hydrogens is 422 g/mol. The van der Waals surface area contributed by atoms with Gasteiger partial charge in [-0.15, -0.1) is 0 Å². The van der Waals surface area contributed by atoms with Gasteiger partial charge in [0.1, 0.15) is 11.6 Å². The Morgan fingerprint density at radius 1 is 1.16 bits per heavy atom. The third-order valence-electron chi connectivity index (χ3n) is 6.11. The molecule has 1 amide bonds. The minimum atomic E-state index is -0.0524. The second-order valence-electron chi connectivity index (χ2n) is 8.78. The molecule has 1 N–H and O–H groups in total. The zero-order valence-electron chi connectivity index (χ0n) is 19.0. The van der Waals surface area contributed by atoms with E-state index in [1.807, 2.05) is 69.0 Å². The van der Waals surface area contributed by atoms with E-state index in [2.05, 4.69) is 9.97 Å². The number of rotatable bonds is 5. The van der Waals surface area contributed by atoms with Gasteiger partial charge in [-0.05, 0) is 61.7 Å². The van der Waals surface area contributed by atoms with Crippen molar-refractivity contribution in [2.45, 2.75) is 47.0 Å². The summed E-state index contributed by atoms with van der Waals surface area (Å²) in [5.41, 5.74) is 6.32. The van der Waals surface area contributed by atoms with E-state index in [1.54, 1.807) is 0 Å². The Labute approximate surface area is 193 Å². The molecule has 0 saturated heterocycles. The highest BCUT2D eigenvalue weighted by Gasteiger charge is 2.27. The van der Waals surface area contributed by atoms with Gasteiger partial charge >= 0.3 is 0 Å². The lowest BCUT2D eigenvalue weighted by Crippen LogP contribution is -2.32. The fraction of sp³-hybridized carbons (Fsp3) is 0.346. The number of Topliss-reactive ketones (excluding diaryl/α,β-unsaturated/α-hetero) is 1. The second-order valence-corrected chi connectivity index (χ2v) is 9.22. The van der Waals surface area contributed by atoms with Crippen molar-refractivity contribution < 1.29 is 9.59 Å². The number of nitrogens with zero attached hydrogens (tertiary/aromatic N) is 2. The number of aromatic nitrogens is 2. The van der Waals surface area contributed by atoms with E-state index in [1.165, 1.54) is 0 Å². The van der Waals surface area contributed by atoms with E-state index in [4.69, 9.17) is 11.6 Å². The SMILES string of the molecule is Cc1nc2c([nH]1)CCN(C(=O)c1ccc(CCC(=O)C(C)C)c(C)c1)c1ccc(Cl)cc1-2. The number of aromatic amines is 1. The van der Waals surface area contributed by atoms with Crippen LogP contribution in [0, 0.1) is 19.8 Å². The highest BCUT2D eigenvalue weighted by atomic mass is 35.5. The van der Waals surface area contributed by atoms with Crippen LogP contribution in [0.25, 0.3) is 11.3 Å². The summed E-state index contributed by atoms with van der Waals surface area (Å²) in [6.45, 7) is 8.33. The predicted molar refractivity (Wildman–Crippen MR) is 128 cm³/mol. The van der Waals surface area contributed by atoms with Gasteiger partial charge < -0.3 is 9.88 Å². The van der Waals surface area contributed by atoms with Crippen LogP contribution in [0.15, 0.2) is 36.4 Å². The van der Waals surface area contributed by atoms with E-state index in [-0.39, 0.29) is 17.6 Å². The summed E-state index contributed by atoms with van der Waals surface area (Å²) in [6.07, 6.45) is 1.90. The number of carbonyl (C=O) groups excluding carboxylic acids is 2. The van der Waals surface area contributed by atoms with Gasteiger partial charge in [-0.25, -0.2) is 4.98 Å². The van der Waals surface area contributed by atoms with Crippen LogP contribution in [-0.2, 0) is 17.6 Å². The van der Waals surface area contributed by atoms with Gasteiger partial charge in [-0.2, -0.15) is 0 Å². The van der Waals surface area contributed by atoms with Crippen molar-refractivity contribution in [3.63, 3.8) is 0 Å². The van der Waals surface area contributed by atoms with Crippen molar-refractivity contribution in [2.75, 3.05) is 11.4 Å². The summed E-state index contributed by atoms with van der Waals surface area (Å²) < 4.78 is 0. The zero-order chi connectivity index (χ0) is 23.0. The van der Waals surface area contributed by atoms with Crippen LogP contribution in [0.4, 0.5) is 5.69 Å². The second kappa shape index (κ2) is 8.91. The van der Waals surface area contributed by atoms with Crippen LogP contribution in [-0.4, -0.2) is 28.2 Å². The highest BCUT2D eigenvalue weighted by molar-refractivity contribution is 6.31. The van der Waals surface area contributed by atoms with E-state index < -0.39 is 0 Å². The van der Waals surface area contributed by atoms with Crippen LogP contribution < -0.4 is 4.90 Å². The Hall–Kier alpha value is -2.92. The number of benzene rings is 2. The lowest BCUT2D eigenvalue weighted by molar-refractivity contribution is -0.121. The lowest BCUT2D eigenvalue weighted by Gasteiger charge is -2.23. The maximum atomic E-state index is 13.6. The molecule has 0 bridgehead atoms. The maximum absolute atomic E-state index is 13.6. The molecule has 2 heterocycles. The molecule has 0 saturated carbocycles. The highest BCUT2D eigenvalue weighted by Crippen LogP contribution is 2.37. The summed E-state index contributed by atoms with van der Waals surface area (Å²) in [5, 5.41) is 0.612. The molecule has 0 fully saturated rings. The number of amides is 1. The van der Waals surface area contributed by atoms with E-state index in [0.29, 0.717) is 36.4 Å². The molecule has 3 aromatic rings. The number of aryl methyl sites for hydroxylation is 3. The molecule has 0 aliphatic carbocycles. The van der Waals surface area contributed by atoms with Gasteiger partial charge in [0.15, 0.2) is 0 Å². The molecule has 4 rings (SSSR count). The first-order valence-corrected chi connectivity index (χ1v) is 11.4. The Balaban J connectivity index is 1.63. The summed E-state index contributed by atoms with van der Waals surface area (Å²) in [4.78, 5) is 35.4. The molecule has 0 atom stereocenters. The largest absolute Gasteiger partial charge is 0.346 e.